The Labute approximate surface area is 135 Å². The summed E-state index contributed by atoms with van der Waals surface area (Å²) in [6.07, 6.45) is 3.90. The van der Waals surface area contributed by atoms with Gasteiger partial charge in [0.25, 0.3) is 0 Å². The summed E-state index contributed by atoms with van der Waals surface area (Å²) in [5.74, 6) is 0. The Hall–Kier alpha value is -2.55. The normalized spacial score (nSPS) is 15.0. The van der Waals surface area contributed by atoms with E-state index >= 15 is 0 Å². The number of fused-ring (bicyclic) bond motifs is 1. The molecule has 2 aromatic carbocycles. The molecule has 1 N–H and O–H groups in total. The molecular weight excluding hydrogens is 284 g/mol. The van der Waals surface area contributed by atoms with Gasteiger partial charge in [-0.3, -0.25) is 4.79 Å². The van der Waals surface area contributed by atoms with Crippen LogP contribution < -0.4 is 10.3 Å². The van der Waals surface area contributed by atoms with Gasteiger partial charge in [-0.1, -0.05) is 24.3 Å². The van der Waals surface area contributed by atoms with Gasteiger partial charge in [0, 0.05) is 41.4 Å². The van der Waals surface area contributed by atoms with Crippen molar-refractivity contribution in [1.82, 2.24) is 4.98 Å². The molecule has 4 rings (SSSR count). The van der Waals surface area contributed by atoms with Crippen LogP contribution in [0, 0.1) is 0 Å². The Bertz CT molecular complexity index is 874. The minimum atomic E-state index is 0.0643. The van der Waals surface area contributed by atoms with Crippen molar-refractivity contribution in [3.63, 3.8) is 0 Å². The summed E-state index contributed by atoms with van der Waals surface area (Å²) < 4.78 is 0. The SMILES string of the molecule is O=c1cc(-c2ccc(N3CCCCC3)cc2)[nH]c2ccccc12. The molecule has 0 spiro atoms. The molecule has 116 valence electrons. The number of hydrogen-bond acceptors (Lipinski definition) is 2. The summed E-state index contributed by atoms with van der Waals surface area (Å²) in [4.78, 5) is 18.1. The van der Waals surface area contributed by atoms with Crippen LogP contribution in [0.25, 0.3) is 22.2 Å². The van der Waals surface area contributed by atoms with E-state index in [0.717, 1.165) is 35.2 Å². The fraction of sp³-hybridized carbons (Fsp3) is 0.250. The maximum atomic E-state index is 12.3. The van der Waals surface area contributed by atoms with Crippen molar-refractivity contribution in [3.8, 4) is 11.3 Å². The number of anilines is 1. The van der Waals surface area contributed by atoms with Gasteiger partial charge in [0.2, 0.25) is 0 Å². The van der Waals surface area contributed by atoms with Gasteiger partial charge in [-0.25, -0.2) is 0 Å². The van der Waals surface area contributed by atoms with E-state index in [1.165, 1.54) is 24.9 Å². The molecule has 1 fully saturated rings. The van der Waals surface area contributed by atoms with Crippen molar-refractivity contribution in [1.29, 1.82) is 0 Å². The number of nitrogens with one attached hydrogen (secondary N) is 1. The average molecular weight is 304 g/mol. The van der Waals surface area contributed by atoms with E-state index in [-0.39, 0.29) is 5.43 Å². The number of hydrogen-bond donors (Lipinski definition) is 1. The lowest BCUT2D eigenvalue weighted by Crippen LogP contribution is -2.29. The first-order valence-electron chi connectivity index (χ1n) is 8.29. The summed E-state index contributed by atoms with van der Waals surface area (Å²) in [5, 5.41) is 0.737. The Morgan fingerprint density at radius 2 is 1.61 bits per heavy atom. The van der Waals surface area contributed by atoms with Crippen LogP contribution in [0.5, 0.6) is 0 Å². The van der Waals surface area contributed by atoms with Crippen LogP contribution in [0.4, 0.5) is 5.69 Å². The van der Waals surface area contributed by atoms with Gasteiger partial charge < -0.3 is 9.88 Å². The minimum absolute atomic E-state index is 0.0643. The van der Waals surface area contributed by atoms with E-state index in [1.807, 2.05) is 24.3 Å². The Kier molecular flexibility index (Phi) is 3.62. The Morgan fingerprint density at radius 1 is 0.870 bits per heavy atom. The highest BCUT2D eigenvalue weighted by Gasteiger charge is 2.11. The monoisotopic (exact) mass is 304 g/mol. The highest BCUT2D eigenvalue weighted by Crippen LogP contribution is 2.24. The quantitative estimate of drug-likeness (QED) is 0.771. The van der Waals surface area contributed by atoms with Crippen LogP contribution in [0.15, 0.2) is 59.4 Å². The van der Waals surface area contributed by atoms with Gasteiger partial charge in [0.15, 0.2) is 5.43 Å². The smallest absolute Gasteiger partial charge is 0.190 e. The molecule has 0 unspecified atom stereocenters. The highest BCUT2D eigenvalue weighted by atomic mass is 16.1. The van der Waals surface area contributed by atoms with Crippen LogP contribution in [0.2, 0.25) is 0 Å². The van der Waals surface area contributed by atoms with Gasteiger partial charge >= 0.3 is 0 Å². The molecule has 3 nitrogen and oxygen atoms in total. The lowest BCUT2D eigenvalue weighted by molar-refractivity contribution is 0.578. The molecule has 3 aromatic rings. The fourth-order valence-corrected chi connectivity index (χ4v) is 3.36. The van der Waals surface area contributed by atoms with E-state index < -0.39 is 0 Å². The molecule has 1 saturated heterocycles. The highest BCUT2D eigenvalue weighted by molar-refractivity contribution is 5.81. The number of pyridine rings is 1. The number of aromatic amines is 1. The summed E-state index contributed by atoms with van der Waals surface area (Å²) in [6, 6.07) is 17.9. The van der Waals surface area contributed by atoms with Gasteiger partial charge in [-0.2, -0.15) is 0 Å². The van der Waals surface area contributed by atoms with E-state index in [1.54, 1.807) is 6.07 Å². The van der Waals surface area contributed by atoms with Crippen LogP contribution in [0.3, 0.4) is 0 Å². The Balaban J connectivity index is 1.69. The number of piperidine rings is 1. The second kappa shape index (κ2) is 5.92. The maximum Gasteiger partial charge on any atom is 0.190 e. The second-order valence-electron chi connectivity index (χ2n) is 6.19. The van der Waals surface area contributed by atoms with Gasteiger partial charge in [0.05, 0.1) is 0 Å². The molecule has 0 saturated carbocycles. The molecule has 1 aliphatic heterocycles. The largest absolute Gasteiger partial charge is 0.372 e. The van der Waals surface area contributed by atoms with E-state index in [9.17, 15) is 4.79 Å². The molecule has 23 heavy (non-hydrogen) atoms. The first kappa shape index (κ1) is 14.1. The summed E-state index contributed by atoms with van der Waals surface area (Å²) >= 11 is 0. The molecule has 0 amide bonds. The lowest BCUT2D eigenvalue weighted by Gasteiger charge is -2.28. The average Bonchev–Trinajstić information content (AvgIpc) is 2.63. The first-order valence-corrected chi connectivity index (χ1v) is 8.29. The van der Waals surface area contributed by atoms with Crippen molar-refractivity contribution in [2.24, 2.45) is 0 Å². The summed E-state index contributed by atoms with van der Waals surface area (Å²) in [5.41, 5.74) is 4.15. The Morgan fingerprint density at radius 3 is 2.39 bits per heavy atom. The van der Waals surface area contributed by atoms with Gasteiger partial charge in [0.1, 0.15) is 0 Å². The van der Waals surface area contributed by atoms with E-state index in [2.05, 4.69) is 34.1 Å². The van der Waals surface area contributed by atoms with Crippen LogP contribution in [0.1, 0.15) is 19.3 Å². The second-order valence-corrected chi connectivity index (χ2v) is 6.19. The number of nitrogens with zero attached hydrogens (tertiary/aromatic N) is 1. The third-order valence-electron chi connectivity index (χ3n) is 4.64. The number of rotatable bonds is 2. The third kappa shape index (κ3) is 2.74. The number of aromatic nitrogens is 1. The van der Waals surface area contributed by atoms with Crippen LogP contribution in [-0.4, -0.2) is 18.1 Å². The molecule has 2 heterocycles. The molecule has 3 heteroatoms. The molecular formula is C20H20N2O. The van der Waals surface area contributed by atoms with Crippen molar-refractivity contribution in [2.75, 3.05) is 18.0 Å². The topological polar surface area (TPSA) is 36.1 Å². The van der Waals surface area contributed by atoms with Crippen LogP contribution in [-0.2, 0) is 0 Å². The molecule has 0 aliphatic carbocycles. The number of para-hydroxylation sites is 1. The third-order valence-corrected chi connectivity index (χ3v) is 4.64. The molecule has 1 aliphatic rings. The van der Waals surface area contributed by atoms with Gasteiger partial charge in [-0.05, 0) is 49.1 Å². The van der Waals surface area contributed by atoms with E-state index in [4.69, 9.17) is 0 Å². The van der Waals surface area contributed by atoms with Gasteiger partial charge in [-0.15, -0.1) is 0 Å². The number of H-pyrrole nitrogens is 1. The minimum Gasteiger partial charge on any atom is -0.372 e. The first-order chi connectivity index (χ1) is 11.3. The number of benzene rings is 2. The molecule has 0 atom stereocenters. The van der Waals surface area contributed by atoms with Crippen molar-refractivity contribution < 1.29 is 0 Å². The predicted molar refractivity (Wildman–Crippen MR) is 96.1 cm³/mol. The van der Waals surface area contributed by atoms with Crippen molar-refractivity contribution in [2.45, 2.75) is 19.3 Å². The summed E-state index contributed by atoms with van der Waals surface area (Å²) in [7, 11) is 0. The zero-order valence-corrected chi connectivity index (χ0v) is 13.1. The molecule has 1 aromatic heterocycles. The maximum absolute atomic E-state index is 12.3. The standard InChI is InChI=1S/C20H20N2O/c23-20-14-19(21-18-7-3-2-6-17(18)20)15-8-10-16(11-9-15)22-12-4-1-5-13-22/h2-3,6-11,14H,1,4-5,12-13H2,(H,21,23). The zero-order valence-electron chi connectivity index (χ0n) is 13.1. The fourth-order valence-electron chi connectivity index (χ4n) is 3.36. The van der Waals surface area contributed by atoms with Crippen molar-refractivity contribution >= 4 is 16.6 Å². The predicted octanol–water partition coefficient (Wildman–Crippen LogP) is 4.19. The molecule has 0 radical (unpaired) electrons. The molecule has 0 bridgehead atoms. The van der Waals surface area contributed by atoms with Crippen molar-refractivity contribution in [3.05, 3.63) is 64.8 Å². The van der Waals surface area contributed by atoms with Crippen LogP contribution >= 0.6 is 0 Å². The zero-order chi connectivity index (χ0) is 15.6. The summed E-state index contributed by atoms with van der Waals surface area (Å²) in [6.45, 7) is 2.29. The lowest BCUT2D eigenvalue weighted by atomic mass is 10.1. The van der Waals surface area contributed by atoms with E-state index in [0.29, 0.717) is 0 Å².